The molecule has 0 aliphatic heterocycles. The van der Waals surface area contributed by atoms with Crippen molar-refractivity contribution in [1.29, 1.82) is 0 Å². The largest absolute Gasteiger partial charge is 0.494 e. The van der Waals surface area contributed by atoms with Gasteiger partial charge in [0.15, 0.2) is 23.5 Å². The van der Waals surface area contributed by atoms with E-state index in [1.807, 2.05) is 0 Å². The van der Waals surface area contributed by atoms with Crippen molar-refractivity contribution in [3.63, 3.8) is 0 Å². The fraction of sp³-hybridized carbons (Fsp3) is 0.211. The summed E-state index contributed by atoms with van der Waals surface area (Å²) in [6, 6.07) is 9.99. The number of carbonyl (C=O) groups excluding carboxylic acids is 3. The molecule has 0 aliphatic carbocycles. The van der Waals surface area contributed by atoms with Gasteiger partial charge < -0.3 is 14.8 Å². The van der Waals surface area contributed by atoms with E-state index in [0.29, 0.717) is 11.3 Å². The molecule has 7 heteroatoms. The molecule has 6 nitrogen and oxygen atoms in total. The molecule has 0 bridgehead atoms. The van der Waals surface area contributed by atoms with Gasteiger partial charge in [-0.25, -0.2) is 9.18 Å². The third-order valence-corrected chi connectivity index (χ3v) is 3.58. The Morgan fingerprint density at radius 2 is 1.81 bits per heavy atom. The molecule has 1 N–H and O–H groups in total. The van der Waals surface area contributed by atoms with Gasteiger partial charge in [-0.1, -0.05) is 12.1 Å². The third-order valence-electron chi connectivity index (χ3n) is 3.58. The molecule has 0 aromatic heterocycles. The Balaban J connectivity index is 2.02. The number of amides is 1. The van der Waals surface area contributed by atoms with E-state index >= 15 is 0 Å². The minimum Gasteiger partial charge on any atom is -0.494 e. The lowest BCUT2D eigenvalue weighted by atomic mass is 10.1. The number of esters is 1. The molecule has 0 heterocycles. The third kappa shape index (κ3) is 4.66. The fourth-order valence-electron chi connectivity index (χ4n) is 2.14. The second-order valence-corrected chi connectivity index (χ2v) is 5.52. The standard InChI is InChI=1S/C19H18FNO5/c1-11(22)13-5-4-6-15(9-13)21-18(23)12(2)26-19(24)14-7-8-17(25-3)16(20)10-14/h4-10,12H,1-3H3,(H,21,23)/t12-/m0/s1. The fourth-order valence-corrected chi connectivity index (χ4v) is 2.14. The minimum atomic E-state index is -1.12. The van der Waals surface area contributed by atoms with E-state index in [9.17, 15) is 18.8 Å². The Hall–Kier alpha value is -3.22. The van der Waals surface area contributed by atoms with E-state index in [0.717, 1.165) is 6.07 Å². The van der Waals surface area contributed by atoms with Crippen molar-refractivity contribution in [2.45, 2.75) is 20.0 Å². The van der Waals surface area contributed by atoms with Gasteiger partial charge in [-0.15, -0.1) is 0 Å². The first-order valence-electron chi connectivity index (χ1n) is 7.78. The number of ether oxygens (including phenoxy) is 2. The van der Waals surface area contributed by atoms with Crippen molar-refractivity contribution in [2.75, 3.05) is 12.4 Å². The average Bonchev–Trinajstić information content (AvgIpc) is 2.61. The van der Waals surface area contributed by atoms with Gasteiger partial charge in [0, 0.05) is 11.3 Å². The molecule has 1 atom stereocenters. The number of halogens is 1. The van der Waals surface area contributed by atoms with Gasteiger partial charge in [-0.2, -0.15) is 0 Å². The lowest BCUT2D eigenvalue weighted by Crippen LogP contribution is -2.30. The van der Waals surface area contributed by atoms with Gasteiger partial charge in [0.05, 0.1) is 12.7 Å². The summed E-state index contributed by atoms with van der Waals surface area (Å²) in [5.41, 5.74) is 0.809. The molecule has 2 rings (SSSR count). The number of carbonyl (C=O) groups is 3. The summed E-state index contributed by atoms with van der Waals surface area (Å²) in [5.74, 6) is -2.26. The molecule has 2 aromatic carbocycles. The Morgan fingerprint density at radius 3 is 2.42 bits per heavy atom. The average molecular weight is 359 g/mol. The summed E-state index contributed by atoms with van der Waals surface area (Å²) in [4.78, 5) is 35.6. The highest BCUT2D eigenvalue weighted by atomic mass is 19.1. The van der Waals surface area contributed by atoms with E-state index in [4.69, 9.17) is 9.47 Å². The lowest BCUT2D eigenvalue weighted by molar-refractivity contribution is -0.123. The molecule has 0 unspecified atom stereocenters. The van der Waals surface area contributed by atoms with E-state index in [1.165, 1.54) is 39.2 Å². The van der Waals surface area contributed by atoms with Gasteiger partial charge in [-0.05, 0) is 44.2 Å². The monoisotopic (exact) mass is 359 g/mol. The first kappa shape index (κ1) is 19.1. The van der Waals surface area contributed by atoms with Gasteiger partial charge >= 0.3 is 5.97 Å². The van der Waals surface area contributed by atoms with Crippen LogP contribution in [-0.2, 0) is 9.53 Å². The highest BCUT2D eigenvalue weighted by Crippen LogP contribution is 2.19. The first-order chi connectivity index (χ1) is 12.3. The van der Waals surface area contributed by atoms with Crippen LogP contribution in [0.5, 0.6) is 5.75 Å². The highest BCUT2D eigenvalue weighted by molar-refractivity contribution is 5.99. The number of methoxy groups -OCH3 is 1. The molecular formula is C19H18FNO5. The maximum absolute atomic E-state index is 13.7. The molecular weight excluding hydrogens is 341 g/mol. The summed E-state index contributed by atoms with van der Waals surface area (Å²) in [6.07, 6.45) is -1.12. The van der Waals surface area contributed by atoms with Gasteiger partial charge in [0.25, 0.3) is 5.91 Å². The minimum absolute atomic E-state index is 0.00213. The topological polar surface area (TPSA) is 81.7 Å². The Morgan fingerprint density at radius 1 is 1.08 bits per heavy atom. The molecule has 0 spiro atoms. The van der Waals surface area contributed by atoms with E-state index in [1.54, 1.807) is 18.2 Å². The molecule has 26 heavy (non-hydrogen) atoms. The van der Waals surface area contributed by atoms with E-state index < -0.39 is 23.8 Å². The predicted octanol–water partition coefficient (Wildman–Crippen LogP) is 3.22. The Bertz CT molecular complexity index is 850. The SMILES string of the molecule is COc1ccc(C(=O)O[C@@H](C)C(=O)Nc2cccc(C(C)=O)c2)cc1F. The number of rotatable bonds is 6. The van der Waals surface area contributed by atoms with Gasteiger partial charge in [0.2, 0.25) is 0 Å². The number of ketones is 1. The zero-order chi connectivity index (χ0) is 19.3. The van der Waals surface area contributed by atoms with Crippen molar-refractivity contribution in [1.82, 2.24) is 0 Å². The van der Waals surface area contributed by atoms with Crippen LogP contribution in [-0.4, -0.2) is 30.9 Å². The zero-order valence-electron chi connectivity index (χ0n) is 14.5. The Kier molecular flexibility index (Phi) is 6.06. The van der Waals surface area contributed by atoms with Crippen LogP contribution in [0.15, 0.2) is 42.5 Å². The first-order valence-corrected chi connectivity index (χ1v) is 7.78. The van der Waals surface area contributed by atoms with Crippen LogP contribution >= 0.6 is 0 Å². The number of Topliss-reactive ketones (excluding diaryl/α,β-unsaturated/α-hetero) is 1. The van der Waals surface area contributed by atoms with Crippen molar-refractivity contribution >= 4 is 23.3 Å². The van der Waals surface area contributed by atoms with Crippen LogP contribution in [0.25, 0.3) is 0 Å². The molecule has 0 saturated carbocycles. The smallest absolute Gasteiger partial charge is 0.339 e. The van der Waals surface area contributed by atoms with Gasteiger partial charge in [0.1, 0.15) is 0 Å². The Labute approximate surface area is 149 Å². The predicted molar refractivity (Wildman–Crippen MR) is 92.9 cm³/mol. The zero-order valence-corrected chi connectivity index (χ0v) is 14.5. The molecule has 0 aliphatic rings. The second kappa shape index (κ2) is 8.24. The molecule has 0 radical (unpaired) electrons. The number of benzene rings is 2. The number of nitrogens with one attached hydrogen (secondary N) is 1. The molecule has 2 aromatic rings. The number of hydrogen-bond donors (Lipinski definition) is 1. The van der Waals surface area contributed by atoms with Crippen LogP contribution < -0.4 is 10.1 Å². The van der Waals surface area contributed by atoms with Crippen molar-refractivity contribution in [3.05, 3.63) is 59.4 Å². The normalized spacial score (nSPS) is 11.4. The number of anilines is 1. The summed E-state index contributed by atoms with van der Waals surface area (Å²) < 4.78 is 23.5. The van der Waals surface area contributed by atoms with E-state index in [-0.39, 0.29) is 17.1 Å². The van der Waals surface area contributed by atoms with Crippen molar-refractivity contribution in [3.8, 4) is 5.75 Å². The van der Waals surface area contributed by atoms with Crippen LogP contribution in [0.1, 0.15) is 34.6 Å². The van der Waals surface area contributed by atoms with Crippen LogP contribution in [0, 0.1) is 5.82 Å². The summed E-state index contributed by atoms with van der Waals surface area (Å²) in [7, 11) is 1.31. The highest BCUT2D eigenvalue weighted by Gasteiger charge is 2.20. The van der Waals surface area contributed by atoms with E-state index in [2.05, 4.69) is 5.32 Å². The van der Waals surface area contributed by atoms with Crippen molar-refractivity contribution in [2.24, 2.45) is 0 Å². The number of hydrogen-bond acceptors (Lipinski definition) is 5. The van der Waals surface area contributed by atoms with Gasteiger partial charge in [-0.3, -0.25) is 9.59 Å². The lowest BCUT2D eigenvalue weighted by Gasteiger charge is -2.14. The molecule has 0 fully saturated rings. The maximum Gasteiger partial charge on any atom is 0.339 e. The van der Waals surface area contributed by atoms with Crippen LogP contribution in [0.4, 0.5) is 10.1 Å². The molecule has 0 saturated heterocycles. The summed E-state index contributed by atoms with van der Waals surface area (Å²) in [5, 5.41) is 2.56. The second-order valence-electron chi connectivity index (χ2n) is 5.52. The molecule has 1 amide bonds. The summed E-state index contributed by atoms with van der Waals surface area (Å²) in [6.45, 7) is 2.81. The molecule has 136 valence electrons. The summed E-state index contributed by atoms with van der Waals surface area (Å²) >= 11 is 0. The maximum atomic E-state index is 13.7. The van der Waals surface area contributed by atoms with Crippen LogP contribution in [0.3, 0.4) is 0 Å². The quantitative estimate of drug-likeness (QED) is 0.633. The van der Waals surface area contributed by atoms with Crippen LogP contribution in [0.2, 0.25) is 0 Å². The van der Waals surface area contributed by atoms with Crippen molar-refractivity contribution < 1.29 is 28.2 Å².